The molecule has 1 aromatic heterocycles. The van der Waals surface area contributed by atoms with Gasteiger partial charge in [0.25, 0.3) is 0 Å². The van der Waals surface area contributed by atoms with Crippen molar-refractivity contribution in [3.05, 3.63) is 66.5 Å². The smallest absolute Gasteiger partial charge is 0.347 e. The highest BCUT2D eigenvalue weighted by Gasteiger charge is 2.16. The van der Waals surface area contributed by atoms with Gasteiger partial charge in [-0.1, -0.05) is 95.4 Å². The first-order valence-electron chi connectivity index (χ1n) is 15.5. The predicted molar refractivity (Wildman–Crippen MR) is 162 cm³/mol. The predicted octanol–water partition coefficient (Wildman–Crippen LogP) is 8.99. The van der Waals surface area contributed by atoms with Gasteiger partial charge in [0.15, 0.2) is 11.9 Å². The lowest BCUT2D eigenvalue weighted by Crippen LogP contribution is -2.26. The summed E-state index contributed by atoms with van der Waals surface area (Å²) >= 11 is 0. The summed E-state index contributed by atoms with van der Waals surface area (Å²) in [7, 11) is 0. The lowest BCUT2D eigenvalue weighted by Gasteiger charge is -2.14. The van der Waals surface area contributed by atoms with Crippen LogP contribution in [0.25, 0.3) is 22.5 Å². The first-order valence-corrected chi connectivity index (χ1v) is 15.5. The van der Waals surface area contributed by atoms with Crippen molar-refractivity contribution in [3.8, 4) is 28.3 Å². The second-order valence-corrected chi connectivity index (χ2v) is 11.3. The lowest BCUT2D eigenvalue weighted by molar-refractivity contribution is -0.151. The molecule has 0 unspecified atom stereocenters. The summed E-state index contributed by atoms with van der Waals surface area (Å²) < 4.78 is 11.0. The number of aromatic nitrogens is 2. The monoisotopic (exact) mass is 542 g/mol. The van der Waals surface area contributed by atoms with Crippen molar-refractivity contribution >= 4 is 5.97 Å². The molecule has 0 saturated heterocycles. The van der Waals surface area contributed by atoms with Crippen molar-refractivity contribution < 1.29 is 14.3 Å². The van der Waals surface area contributed by atoms with E-state index in [0.717, 1.165) is 48.3 Å². The molecule has 0 spiro atoms. The zero-order chi connectivity index (χ0) is 28.0. The molecule has 0 aliphatic heterocycles. The summed E-state index contributed by atoms with van der Waals surface area (Å²) in [5.74, 6) is 1.96. The van der Waals surface area contributed by atoms with Gasteiger partial charge in [0.05, 0.1) is 6.61 Å². The molecule has 3 aromatic rings. The minimum absolute atomic E-state index is 0.336. The highest BCUT2D eigenvalue weighted by molar-refractivity contribution is 5.74. The van der Waals surface area contributed by atoms with Crippen LogP contribution in [-0.2, 0) is 16.0 Å². The minimum atomic E-state index is -0.652. The maximum atomic E-state index is 12.1. The van der Waals surface area contributed by atoms with E-state index < -0.39 is 6.10 Å². The molecule has 1 saturated carbocycles. The van der Waals surface area contributed by atoms with E-state index in [9.17, 15) is 4.79 Å². The van der Waals surface area contributed by atoms with Crippen LogP contribution in [0.3, 0.4) is 0 Å². The molecule has 1 aliphatic carbocycles. The minimum Gasteiger partial charge on any atom is -0.479 e. The molecule has 1 aliphatic rings. The zero-order valence-electron chi connectivity index (χ0n) is 24.4. The molecule has 1 atom stereocenters. The van der Waals surface area contributed by atoms with Crippen molar-refractivity contribution in [2.45, 2.75) is 103 Å². The van der Waals surface area contributed by atoms with E-state index in [1.54, 1.807) is 6.92 Å². The first-order chi connectivity index (χ1) is 19.6. The second-order valence-electron chi connectivity index (χ2n) is 11.3. The van der Waals surface area contributed by atoms with Crippen LogP contribution in [0.1, 0.15) is 96.5 Å². The van der Waals surface area contributed by atoms with Gasteiger partial charge in [-0.2, -0.15) is 0 Å². The van der Waals surface area contributed by atoms with Gasteiger partial charge in [-0.05, 0) is 67.5 Å². The summed E-state index contributed by atoms with van der Waals surface area (Å²) in [5.41, 5.74) is 4.44. The highest BCUT2D eigenvalue weighted by atomic mass is 16.6. The fourth-order valence-corrected chi connectivity index (χ4v) is 5.48. The van der Waals surface area contributed by atoms with Gasteiger partial charge in [-0.25, -0.2) is 14.8 Å². The summed E-state index contributed by atoms with van der Waals surface area (Å²) in [6, 6.07) is 16.3. The van der Waals surface area contributed by atoms with Crippen molar-refractivity contribution in [3.63, 3.8) is 0 Å². The number of hydrogen-bond donors (Lipinski definition) is 0. The molecule has 0 radical (unpaired) electrons. The Balaban J connectivity index is 1.20. The van der Waals surface area contributed by atoms with Gasteiger partial charge in [-0.3, -0.25) is 0 Å². The van der Waals surface area contributed by atoms with Crippen LogP contribution in [0.5, 0.6) is 5.75 Å². The van der Waals surface area contributed by atoms with Gasteiger partial charge in [0, 0.05) is 23.5 Å². The highest BCUT2D eigenvalue weighted by Crippen LogP contribution is 2.29. The van der Waals surface area contributed by atoms with Crippen LogP contribution in [0.2, 0.25) is 0 Å². The molecule has 214 valence electrons. The van der Waals surface area contributed by atoms with Gasteiger partial charge in [0.1, 0.15) is 5.75 Å². The van der Waals surface area contributed by atoms with Crippen LogP contribution >= 0.6 is 0 Å². The Hall–Kier alpha value is -3.21. The number of rotatable bonds is 16. The average Bonchev–Trinajstić information content (AvgIpc) is 3.51. The Labute approximate surface area is 240 Å². The van der Waals surface area contributed by atoms with Crippen molar-refractivity contribution in [1.82, 2.24) is 9.97 Å². The molecule has 0 N–H and O–H groups in total. The standard InChI is InChI=1S/C35H46N2O3/c1-3-4-11-24-39-35(38)27(2)40-33-22-20-31(21-23-33)34-36-25-32(26-37-34)30-18-16-29(17-19-30)13-8-6-5-7-12-28-14-9-10-15-28/h16-23,25-28H,3-15,24H2,1-2H3/t27-/m0/s1. The third-order valence-corrected chi connectivity index (χ3v) is 7.99. The van der Waals surface area contributed by atoms with E-state index in [2.05, 4.69) is 41.2 Å². The summed E-state index contributed by atoms with van der Waals surface area (Å²) in [6.07, 6.45) is 20.0. The molecule has 0 bridgehead atoms. The molecular formula is C35H46N2O3. The van der Waals surface area contributed by atoms with Crippen LogP contribution in [0.4, 0.5) is 0 Å². The van der Waals surface area contributed by atoms with E-state index in [1.807, 2.05) is 36.7 Å². The number of esters is 1. The quantitative estimate of drug-likeness (QED) is 0.133. The number of carbonyl (C=O) groups is 1. The molecule has 4 rings (SSSR count). The number of benzene rings is 2. The maximum Gasteiger partial charge on any atom is 0.347 e. The van der Waals surface area contributed by atoms with Crippen LogP contribution in [-0.4, -0.2) is 28.6 Å². The Kier molecular flexibility index (Phi) is 12.0. The fourth-order valence-electron chi connectivity index (χ4n) is 5.48. The third-order valence-electron chi connectivity index (χ3n) is 7.99. The van der Waals surface area contributed by atoms with E-state index >= 15 is 0 Å². The Morgan fingerprint density at radius 2 is 1.50 bits per heavy atom. The Morgan fingerprint density at radius 3 is 2.20 bits per heavy atom. The SMILES string of the molecule is CCCCCOC(=O)[C@H](C)Oc1ccc(-c2ncc(-c3ccc(CCCCCCC4CCCC4)cc3)cn2)cc1. The van der Waals surface area contributed by atoms with E-state index in [0.29, 0.717) is 18.2 Å². The average molecular weight is 543 g/mol. The second kappa shape index (κ2) is 16.2. The van der Waals surface area contributed by atoms with E-state index in [-0.39, 0.29) is 5.97 Å². The topological polar surface area (TPSA) is 61.3 Å². The number of ether oxygens (including phenoxy) is 2. The zero-order valence-corrected chi connectivity index (χ0v) is 24.4. The summed E-state index contributed by atoms with van der Waals surface area (Å²) in [5, 5.41) is 0. The molecule has 2 aromatic carbocycles. The number of carbonyl (C=O) groups excluding carboxylic acids is 1. The van der Waals surface area contributed by atoms with Crippen molar-refractivity contribution in [2.75, 3.05) is 6.61 Å². The normalized spacial score (nSPS) is 14.2. The van der Waals surface area contributed by atoms with Gasteiger partial charge < -0.3 is 9.47 Å². The first kappa shape index (κ1) is 29.8. The molecular weight excluding hydrogens is 496 g/mol. The van der Waals surface area contributed by atoms with Gasteiger partial charge in [0.2, 0.25) is 0 Å². The molecule has 5 heteroatoms. The molecule has 40 heavy (non-hydrogen) atoms. The largest absolute Gasteiger partial charge is 0.479 e. The van der Waals surface area contributed by atoms with Gasteiger partial charge >= 0.3 is 5.97 Å². The number of hydrogen-bond acceptors (Lipinski definition) is 5. The maximum absolute atomic E-state index is 12.1. The Morgan fingerprint density at radius 1 is 0.825 bits per heavy atom. The van der Waals surface area contributed by atoms with Crippen molar-refractivity contribution in [1.29, 1.82) is 0 Å². The van der Waals surface area contributed by atoms with Crippen molar-refractivity contribution in [2.24, 2.45) is 5.92 Å². The van der Waals surface area contributed by atoms with E-state index in [1.165, 1.54) is 63.4 Å². The number of unbranched alkanes of at least 4 members (excludes halogenated alkanes) is 5. The molecule has 1 fully saturated rings. The summed E-state index contributed by atoms with van der Waals surface area (Å²) in [6.45, 7) is 4.27. The third kappa shape index (κ3) is 9.46. The van der Waals surface area contributed by atoms with Crippen LogP contribution in [0, 0.1) is 5.92 Å². The molecule has 1 heterocycles. The fraction of sp³-hybridized carbons (Fsp3) is 0.514. The number of nitrogens with zero attached hydrogens (tertiary/aromatic N) is 2. The van der Waals surface area contributed by atoms with Gasteiger partial charge in [-0.15, -0.1) is 0 Å². The van der Waals surface area contributed by atoms with E-state index in [4.69, 9.17) is 9.47 Å². The summed E-state index contributed by atoms with van der Waals surface area (Å²) in [4.78, 5) is 21.3. The number of aryl methyl sites for hydroxylation is 1. The lowest BCUT2D eigenvalue weighted by atomic mass is 9.98. The molecule has 5 nitrogen and oxygen atoms in total. The molecule has 0 amide bonds. The van der Waals surface area contributed by atoms with Crippen LogP contribution in [0.15, 0.2) is 60.9 Å². The van der Waals surface area contributed by atoms with Crippen LogP contribution < -0.4 is 4.74 Å². The Bertz CT molecular complexity index is 1140.